The second-order valence-electron chi connectivity index (χ2n) is 5.76. The summed E-state index contributed by atoms with van der Waals surface area (Å²) < 4.78 is 15.6. The first kappa shape index (κ1) is 16.2. The Kier molecular flexibility index (Phi) is 4.33. The van der Waals surface area contributed by atoms with Crippen LogP contribution < -0.4 is 5.32 Å². The third-order valence-corrected chi connectivity index (χ3v) is 4.24. The van der Waals surface area contributed by atoms with Crippen LogP contribution in [0.3, 0.4) is 0 Å². The van der Waals surface area contributed by atoms with Crippen molar-refractivity contribution < 1.29 is 19.1 Å². The van der Waals surface area contributed by atoms with Crippen LogP contribution in [-0.2, 0) is 17.6 Å². The maximum Gasteiger partial charge on any atom is 0.326 e. The molecular weight excluding hydrogens is 313 g/mol. The topological polar surface area (TPSA) is 84.2 Å². The fourth-order valence-corrected chi connectivity index (χ4v) is 3.01. The average Bonchev–Trinajstić information content (AvgIpc) is 3.15. The number of benzene rings is 1. The van der Waals surface area contributed by atoms with E-state index in [9.17, 15) is 14.0 Å². The molecule has 3 rings (SSSR count). The number of hydrogen-bond donors (Lipinski definition) is 2. The van der Waals surface area contributed by atoms with Crippen LogP contribution in [-0.4, -0.2) is 32.8 Å². The van der Waals surface area contributed by atoms with Crippen LogP contribution in [0.2, 0.25) is 0 Å². The first-order valence-corrected chi connectivity index (χ1v) is 7.92. The van der Waals surface area contributed by atoms with Gasteiger partial charge in [-0.25, -0.2) is 13.9 Å². The van der Waals surface area contributed by atoms with Crippen molar-refractivity contribution in [3.05, 3.63) is 47.0 Å². The lowest BCUT2D eigenvalue weighted by molar-refractivity contribution is -0.139. The van der Waals surface area contributed by atoms with Crippen LogP contribution >= 0.6 is 0 Å². The number of aromatic nitrogens is 2. The number of carboxylic acids is 1. The maximum absolute atomic E-state index is 14.1. The van der Waals surface area contributed by atoms with Crippen LogP contribution in [0.15, 0.2) is 24.3 Å². The Hall–Kier alpha value is -2.70. The Morgan fingerprint density at radius 2 is 2.12 bits per heavy atom. The fraction of sp³-hybridized carbons (Fsp3) is 0.353. The van der Waals surface area contributed by atoms with Crippen molar-refractivity contribution in [2.75, 3.05) is 0 Å². The highest BCUT2D eigenvalue weighted by Gasteiger charge is 2.29. The molecule has 0 saturated carbocycles. The summed E-state index contributed by atoms with van der Waals surface area (Å²) in [6.07, 6.45) is 2.52. The zero-order chi connectivity index (χ0) is 17.3. The Balaban J connectivity index is 1.99. The van der Waals surface area contributed by atoms with E-state index in [0.717, 1.165) is 17.7 Å². The molecule has 1 aromatic heterocycles. The van der Waals surface area contributed by atoms with E-state index >= 15 is 0 Å². The van der Waals surface area contributed by atoms with Gasteiger partial charge in [0, 0.05) is 11.3 Å². The summed E-state index contributed by atoms with van der Waals surface area (Å²) in [5.41, 5.74) is 2.06. The molecule has 0 fully saturated rings. The predicted molar refractivity (Wildman–Crippen MR) is 84.7 cm³/mol. The predicted octanol–water partition coefficient (Wildman–Crippen LogP) is 2.09. The number of nitrogens with zero attached hydrogens (tertiary/aromatic N) is 2. The number of nitrogens with one attached hydrogen (secondary N) is 1. The maximum atomic E-state index is 14.1. The molecule has 0 spiro atoms. The number of amides is 1. The molecule has 7 heteroatoms. The number of rotatable bonds is 5. The van der Waals surface area contributed by atoms with Crippen molar-refractivity contribution in [1.82, 2.24) is 15.1 Å². The molecule has 6 nitrogen and oxygen atoms in total. The third-order valence-electron chi connectivity index (χ3n) is 4.24. The van der Waals surface area contributed by atoms with Crippen molar-refractivity contribution in [1.29, 1.82) is 0 Å². The third kappa shape index (κ3) is 2.77. The smallest absolute Gasteiger partial charge is 0.326 e. The van der Waals surface area contributed by atoms with Gasteiger partial charge in [0.15, 0.2) is 5.69 Å². The van der Waals surface area contributed by atoms with Crippen LogP contribution in [0.25, 0.3) is 5.69 Å². The Morgan fingerprint density at radius 1 is 1.38 bits per heavy atom. The second-order valence-corrected chi connectivity index (χ2v) is 5.76. The lowest BCUT2D eigenvalue weighted by atomic mass is 10.1. The standard InChI is InChI=1S/C17H18FN3O3/c1-2-12(17(23)24)19-16(22)15-10-6-5-9-13(10)21(20-15)14-8-4-3-7-11(14)18/h3-4,7-8,12H,2,5-6,9H2,1H3,(H,19,22)(H,23,24). The second kappa shape index (κ2) is 6.43. The van der Waals surface area contributed by atoms with Crippen molar-refractivity contribution >= 4 is 11.9 Å². The molecule has 1 aromatic carbocycles. The lowest BCUT2D eigenvalue weighted by Gasteiger charge is -2.11. The number of halogens is 1. The van der Waals surface area contributed by atoms with Gasteiger partial charge < -0.3 is 10.4 Å². The zero-order valence-corrected chi connectivity index (χ0v) is 13.3. The van der Waals surface area contributed by atoms with Gasteiger partial charge in [-0.2, -0.15) is 5.10 Å². The van der Waals surface area contributed by atoms with Crippen LogP contribution in [0.1, 0.15) is 41.5 Å². The van der Waals surface area contributed by atoms with Crippen molar-refractivity contribution in [2.24, 2.45) is 0 Å². The summed E-state index contributed by atoms with van der Waals surface area (Å²) >= 11 is 0. The number of hydrogen-bond acceptors (Lipinski definition) is 3. The van der Waals surface area contributed by atoms with Crippen LogP contribution in [0, 0.1) is 5.82 Å². The molecule has 126 valence electrons. The molecule has 1 atom stereocenters. The van der Waals surface area contributed by atoms with Crippen LogP contribution in [0.4, 0.5) is 4.39 Å². The molecule has 1 aliphatic rings. The number of carboxylic acid groups (broad SMARTS) is 1. The van der Waals surface area contributed by atoms with Gasteiger partial charge in [-0.05, 0) is 37.8 Å². The normalized spacial score (nSPS) is 14.2. The summed E-state index contributed by atoms with van der Waals surface area (Å²) in [5.74, 6) is -2.04. The highest BCUT2D eigenvalue weighted by molar-refractivity contribution is 5.96. The molecular formula is C17H18FN3O3. The van der Waals surface area contributed by atoms with Crippen molar-refractivity contribution in [3.63, 3.8) is 0 Å². The van der Waals surface area contributed by atoms with E-state index in [1.54, 1.807) is 25.1 Å². The summed E-state index contributed by atoms with van der Waals surface area (Å²) in [6.45, 7) is 1.68. The van der Waals surface area contributed by atoms with Gasteiger partial charge in [-0.15, -0.1) is 0 Å². The number of carbonyl (C=O) groups excluding carboxylic acids is 1. The minimum Gasteiger partial charge on any atom is -0.480 e. The van der Waals surface area contributed by atoms with Gasteiger partial charge >= 0.3 is 5.97 Å². The van der Waals surface area contributed by atoms with E-state index in [1.807, 2.05) is 0 Å². The van der Waals surface area contributed by atoms with Gasteiger partial charge in [-0.1, -0.05) is 19.1 Å². The van der Waals surface area contributed by atoms with Crippen molar-refractivity contribution in [2.45, 2.75) is 38.6 Å². The van der Waals surface area contributed by atoms with E-state index < -0.39 is 23.7 Å². The fourth-order valence-electron chi connectivity index (χ4n) is 3.01. The van der Waals surface area contributed by atoms with E-state index in [1.165, 1.54) is 10.7 Å². The first-order chi connectivity index (χ1) is 11.5. The summed E-state index contributed by atoms with van der Waals surface area (Å²) in [7, 11) is 0. The molecule has 0 bridgehead atoms. The molecule has 1 aliphatic carbocycles. The molecule has 2 N–H and O–H groups in total. The molecule has 0 saturated heterocycles. The van der Waals surface area contributed by atoms with Gasteiger partial charge in [0.2, 0.25) is 0 Å². The SMILES string of the molecule is CCC(NC(=O)c1nn(-c2ccccc2F)c2c1CCC2)C(=O)O. The van der Waals surface area contributed by atoms with Gasteiger partial charge in [0.1, 0.15) is 17.5 Å². The largest absolute Gasteiger partial charge is 0.480 e. The van der Waals surface area contributed by atoms with E-state index in [4.69, 9.17) is 5.11 Å². The quantitative estimate of drug-likeness (QED) is 0.879. The zero-order valence-electron chi connectivity index (χ0n) is 13.3. The Morgan fingerprint density at radius 3 is 2.79 bits per heavy atom. The van der Waals surface area contributed by atoms with Gasteiger partial charge in [-0.3, -0.25) is 4.79 Å². The molecule has 0 radical (unpaired) electrons. The van der Waals surface area contributed by atoms with Gasteiger partial charge in [0.25, 0.3) is 5.91 Å². The Bertz CT molecular complexity index is 800. The molecule has 1 amide bonds. The molecule has 1 heterocycles. The van der Waals surface area contributed by atoms with Crippen LogP contribution in [0.5, 0.6) is 0 Å². The Labute approximate surface area is 138 Å². The minimum absolute atomic E-state index is 0.186. The number of aliphatic carboxylic acids is 1. The van der Waals surface area contributed by atoms with Gasteiger partial charge in [0.05, 0.1) is 0 Å². The first-order valence-electron chi connectivity index (χ1n) is 7.92. The molecule has 24 heavy (non-hydrogen) atoms. The van der Waals surface area contributed by atoms with E-state index in [0.29, 0.717) is 18.5 Å². The van der Waals surface area contributed by atoms with Crippen molar-refractivity contribution in [3.8, 4) is 5.69 Å². The number of para-hydroxylation sites is 1. The molecule has 1 unspecified atom stereocenters. The molecule has 2 aromatic rings. The number of fused-ring (bicyclic) bond motifs is 1. The highest BCUT2D eigenvalue weighted by Crippen LogP contribution is 2.28. The monoisotopic (exact) mass is 331 g/mol. The lowest BCUT2D eigenvalue weighted by Crippen LogP contribution is -2.40. The van der Waals surface area contributed by atoms with E-state index in [-0.39, 0.29) is 12.1 Å². The number of carbonyl (C=O) groups is 2. The molecule has 0 aliphatic heterocycles. The van der Waals surface area contributed by atoms with E-state index in [2.05, 4.69) is 10.4 Å². The summed E-state index contributed by atoms with van der Waals surface area (Å²) in [6, 6.07) is 5.28. The highest BCUT2D eigenvalue weighted by atomic mass is 19.1. The summed E-state index contributed by atoms with van der Waals surface area (Å²) in [5, 5.41) is 15.9. The minimum atomic E-state index is -1.09. The summed E-state index contributed by atoms with van der Waals surface area (Å²) in [4.78, 5) is 23.6. The average molecular weight is 331 g/mol.